The van der Waals surface area contributed by atoms with Crippen molar-refractivity contribution in [1.82, 2.24) is 10.3 Å². The average Bonchev–Trinajstić information content (AvgIpc) is 2.72. The van der Waals surface area contributed by atoms with Crippen molar-refractivity contribution in [2.45, 2.75) is 24.9 Å². The molecule has 0 radical (unpaired) electrons. The number of rotatable bonds is 5. The Hall–Kier alpha value is -1.70. The number of nitrogens with zero attached hydrogens (tertiary/aromatic N) is 2. The number of carbonyl (C=O) groups is 2. The second-order valence-corrected chi connectivity index (χ2v) is 3.48. The van der Waals surface area contributed by atoms with E-state index < -0.39 is 30.6 Å². The minimum absolute atomic E-state index is 0.387. The van der Waals surface area contributed by atoms with Crippen LogP contribution in [0.1, 0.15) is 12.8 Å². The Bertz CT molecular complexity index is 295. The van der Waals surface area contributed by atoms with Crippen LogP contribution in [0.4, 0.5) is 0 Å². The van der Waals surface area contributed by atoms with Crippen LogP contribution in [-0.2, 0) is 9.59 Å². The van der Waals surface area contributed by atoms with Crippen LogP contribution in [0.25, 0.3) is 0 Å². The summed E-state index contributed by atoms with van der Waals surface area (Å²) in [5, 5.41) is 23.2. The van der Waals surface area contributed by atoms with E-state index in [1.807, 2.05) is 0 Å². The number of hydrogen-bond donors (Lipinski definition) is 3. The number of nitroso groups, excluding NO2 is 1. The SMILES string of the molecule is O=NN1CCC[C@H]1C(=O)N[C@@H](CO)C(=O)O. The van der Waals surface area contributed by atoms with E-state index in [9.17, 15) is 14.5 Å². The lowest BCUT2D eigenvalue weighted by molar-refractivity contribution is -0.143. The molecule has 1 fully saturated rings. The highest BCUT2D eigenvalue weighted by Gasteiger charge is 2.33. The zero-order valence-corrected chi connectivity index (χ0v) is 8.50. The molecule has 0 spiro atoms. The molecule has 8 nitrogen and oxygen atoms in total. The van der Waals surface area contributed by atoms with Crippen molar-refractivity contribution in [3.05, 3.63) is 4.91 Å². The molecule has 1 saturated heterocycles. The summed E-state index contributed by atoms with van der Waals surface area (Å²) in [5.41, 5.74) is 0. The van der Waals surface area contributed by atoms with E-state index in [0.29, 0.717) is 19.4 Å². The summed E-state index contributed by atoms with van der Waals surface area (Å²) in [6, 6.07) is -2.08. The van der Waals surface area contributed by atoms with Crippen molar-refractivity contribution in [3.8, 4) is 0 Å². The van der Waals surface area contributed by atoms with Gasteiger partial charge in [0.15, 0.2) is 0 Å². The molecular formula is C8H13N3O5. The minimum Gasteiger partial charge on any atom is -0.480 e. The Balaban J connectivity index is 2.57. The van der Waals surface area contributed by atoms with Gasteiger partial charge < -0.3 is 15.5 Å². The lowest BCUT2D eigenvalue weighted by atomic mass is 10.2. The zero-order valence-electron chi connectivity index (χ0n) is 8.50. The van der Waals surface area contributed by atoms with E-state index in [4.69, 9.17) is 10.2 Å². The van der Waals surface area contributed by atoms with Crippen LogP contribution in [0.5, 0.6) is 0 Å². The van der Waals surface area contributed by atoms with Crippen molar-refractivity contribution in [2.24, 2.45) is 5.29 Å². The summed E-state index contributed by atoms with van der Waals surface area (Å²) in [5.74, 6) is -1.92. The fourth-order valence-electron chi connectivity index (χ4n) is 1.57. The maximum Gasteiger partial charge on any atom is 0.328 e. The molecule has 2 atom stereocenters. The van der Waals surface area contributed by atoms with Crippen LogP contribution in [0.15, 0.2) is 5.29 Å². The second kappa shape index (κ2) is 5.40. The fraction of sp³-hybridized carbons (Fsp3) is 0.750. The van der Waals surface area contributed by atoms with Gasteiger partial charge >= 0.3 is 5.97 Å². The van der Waals surface area contributed by atoms with Crippen LogP contribution in [-0.4, -0.2) is 52.3 Å². The van der Waals surface area contributed by atoms with Crippen LogP contribution >= 0.6 is 0 Å². The molecule has 1 aliphatic rings. The van der Waals surface area contributed by atoms with Crippen LogP contribution < -0.4 is 5.32 Å². The molecule has 0 aromatic rings. The number of carboxylic acid groups (broad SMARTS) is 1. The van der Waals surface area contributed by atoms with Gasteiger partial charge in [-0.05, 0) is 12.8 Å². The van der Waals surface area contributed by atoms with E-state index in [1.165, 1.54) is 0 Å². The first-order valence-corrected chi connectivity index (χ1v) is 4.84. The first-order chi connectivity index (χ1) is 7.60. The Morgan fingerprint density at radius 2 is 2.25 bits per heavy atom. The zero-order chi connectivity index (χ0) is 12.1. The van der Waals surface area contributed by atoms with E-state index in [-0.39, 0.29) is 0 Å². The summed E-state index contributed by atoms with van der Waals surface area (Å²) in [6.45, 7) is -0.305. The molecular weight excluding hydrogens is 218 g/mol. The Kier molecular flexibility index (Phi) is 4.18. The van der Waals surface area contributed by atoms with Gasteiger partial charge in [0, 0.05) is 6.54 Å². The number of amides is 1. The van der Waals surface area contributed by atoms with E-state index >= 15 is 0 Å². The first kappa shape index (κ1) is 12.4. The quantitative estimate of drug-likeness (QED) is 0.505. The summed E-state index contributed by atoms with van der Waals surface area (Å²) in [7, 11) is 0. The second-order valence-electron chi connectivity index (χ2n) is 3.48. The predicted molar refractivity (Wildman–Crippen MR) is 52.2 cm³/mol. The molecule has 1 amide bonds. The predicted octanol–water partition coefficient (Wildman–Crippen LogP) is -1.31. The minimum atomic E-state index is -1.35. The molecule has 0 aliphatic carbocycles. The third-order valence-electron chi connectivity index (χ3n) is 2.43. The van der Waals surface area contributed by atoms with Gasteiger partial charge in [-0.25, -0.2) is 9.80 Å². The third-order valence-corrected chi connectivity index (χ3v) is 2.43. The largest absolute Gasteiger partial charge is 0.480 e. The monoisotopic (exact) mass is 231 g/mol. The van der Waals surface area contributed by atoms with Crippen LogP contribution in [0, 0.1) is 4.91 Å². The van der Waals surface area contributed by atoms with Gasteiger partial charge in [0.2, 0.25) is 5.91 Å². The molecule has 0 bridgehead atoms. The van der Waals surface area contributed by atoms with Gasteiger partial charge in [-0.1, -0.05) is 0 Å². The summed E-state index contributed by atoms with van der Waals surface area (Å²) < 4.78 is 0. The lowest BCUT2D eigenvalue weighted by Gasteiger charge is -2.19. The molecule has 0 unspecified atom stereocenters. The summed E-state index contributed by atoms with van der Waals surface area (Å²) in [6.07, 6.45) is 1.11. The van der Waals surface area contributed by atoms with Crippen LogP contribution in [0.3, 0.4) is 0 Å². The number of carbonyl (C=O) groups excluding carboxylic acids is 1. The van der Waals surface area contributed by atoms with Gasteiger partial charge in [-0.2, -0.15) is 0 Å². The highest BCUT2D eigenvalue weighted by atomic mass is 16.4. The van der Waals surface area contributed by atoms with Crippen molar-refractivity contribution < 1.29 is 19.8 Å². The standard InChI is InChI=1S/C8H13N3O5/c12-4-5(8(14)15)9-7(13)6-2-1-3-11(6)10-16/h5-6,12H,1-4H2,(H,9,13)(H,14,15)/t5-,6-/m0/s1. The highest BCUT2D eigenvalue weighted by molar-refractivity contribution is 5.87. The third kappa shape index (κ3) is 2.66. The number of aliphatic hydroxyl groups is 1. The summed E-state index contributed by atoms with van der Waals surface area (Å²) in [4.78, 5) is 32.5. The van der Waals surface area contributed by atoms with Gasteiger partial charge in [-0.15, -0.1) is 4.91 Å². The molecule has 0 saturated carbocycles. The molecule has 90 valence electrons. The van der Waals surface area contributed by atoms with E-state index in [0.717, 1.165) is 5.01 Å². The Morgan fingerprint density at radius 1 is 1.56 bits per heavy atom. The van der Waals surface area contributed by atoms with Crippen molar-refractivity contribution >= 4 is 11.9 Å². The highest BCUT2D eigenvalue weighted by Crippen LogP contribution is 2.17. The number of aliphatic carboxylic acids is 1. The molecule has 1 heterocycles. The van der Waals surface area contributed by atoms with Gasteiger partial charge in [-0.3, -0.25) is 4.79 Å². The van der Waals surface area contributed by atoms with Crippen molar-refractivity contribution in [3.63, 3.8) is 0 Å². The maximum atomic E-state index is 11.6. The van der Waals surface area contributed by atoms with Crippen LogP contribution in [0.2, 0.25) is 0 Å². The van der Waals surface area contributed by atoms with Crippen molar-refractivity contribution in [1.29, 1.82) is 0 Å². The molecule has 1 aliphatic heterocycles. The molecule has 16 heavy (non-hydrogen) atoms. The molecule has 0 aromatic heterocycles. The fourth-order valence-corrected chi connectivity index (χ4v) is 1.57. The number of carboxylic acids is 1. The lowest BCUT2D eigenvalue weighted by Crippen LogP contribution is -2.49. The molecule has 1 rings (SSSR count). The smallest absolute Gasteiger partial charge is 0.328 e. The van der Waals surface area contributed by atoms with Crippen molar-refractivity contribution in [2.75, 3.05) is 13.2 Å². The topological polar surface area (TPSA) is 119 Å². The number of nitrogens with one attached hydrogen (secondary N) is 1. The van der Waals surface area contributed by atoms with E-state index in [2.05, 4.69) is 10.6 Å². The first-order valence-electron chi connectivity index (χ1n) is 4.84. The normalized spacial score (nSPS) is 21.6. The summed E-state index contributed by atoms with van der Waals surface area (Å²) >= 11 is 0. The molecule has 3 N–H and O–H groups in total. The van der Waals surface area contributed by atoms with Gasteiger partial charge in [0.25, 0.3) is 0 Å². The Labute approximate surface area is 91.2 Å². The number of aliphatic hydroxyl groups excluding tert-OH is 1. The Morgan fingerprint density at radius 3 is 2.75 bits per heavy atom. The molecule has 8 heteroatoms. The van der Waals surface area contributed by atoms with Gasteiger partial charge in [0.05, 0.1) is 11.9 Å². The van der Waals surface area contributed by atoms with E-state index in [1.54, 1.807) is 0 Å². The van der Waals surface area contributed by atoms with Gasteiger partial charge in [0.1, 0.15) is 12.1 Å². The maximum absolute atomic E-state index is 11.6. The molecule has 0 aromatic carbocycles. The average molecular weight is 231 g/mol. The number of hydrogen-bond acceptors (Lipinski definition) is 5.